The molecule has 5 nitrogen and oxygen atoms in total. The number of fused-ring (bicyclic) bond motifs is 1. The number of aryl methyl sites for hydroxylation is 4. The number of aromatic nitrogens is 4. The molecule has 0 saturated heterocycles. The second-order valence-corrected chi connectivity index (χ2v) is 6.08. The van der Waals surface area contributed by atoms with Crippen LogP contribution < -0.4 is 5.32 Å². The molecule has 0 radical (unpaired) electrons. The van der Waals surface area contributed by atoms with Crippen molar-refractivity contribution in [3.05, 3.63) is 29.0 Å². The number of hydrogen-bond donors (Lipinski definition) is 1. The molecule has 3 rings (SSSR count). The average molecular weight is 360 g/mol. The van der Waals surface area contributed by atoms with Crippen molar-refractivity contribution in [2.45, 2.75) is 55.4 Å². The van der Waals surface area contributed by atoms with E-state index >= 15 is 0 Å². The molecule has 0 aliphatic heterocycles. The first-order valence-electron chi connectivity index (χ1n) is 8.77. The molecule has 6 heteroatoms. The average Bonchev–Trinajstić information content (AvgIpc) is 3.01. The molecule has 3 aromatic rings. The van der Waals surface area contributed by atoms with E-state index in [2.05, 4.69) is 26.3 Å². The lowest BCUT2D eigenvalue weighted by Crippen LogP contribution is -2.02. The Hall–Kier alpha value is -2.08. The lowest BCUT2D eigenvalue weighted by atomic mass is 10.2. The molecule has 0 atom stereocenters. The summed E-state index contributed by atoms with van der Waals surface area (Å²) in [6.07, 6.45) is 0. The van der Waals surface area contributed by atoms with Crippen molar-refractivity contribution < 1.29 is 0 Å². The Morgan fingerprint density at radius 3 is 2.08 bits per heavy atom. The van der Waals surface area contributed by atoms with Crippen LogP contribution in [-0.2, 0) is 0 Å². The number of hydrogen-bond acceptors (Lipinski definition) is 6. The van der Waals surface area contributed by atoms with E-state index in [1.54, 1.807) is 11.3 Å². The molecular weight excluding hydrogens is 330 g/mol. The highest BCUT2D eigenvalue weighted by Gasteiger charge is 2.17. The van der Waals surface area contributed by atoms with Gasteiger partial charge in [-0.05, 0) is 33.8 Å². The van der Waals surface area contributed by atoms with E-state index in [0.29, 0.717) is 0 Å². The van der Waals surface area contributed by atoms with E-state index in [9.17, 15) is 0 Å². The van der Waals surface area contributed by atoms with Crippen molar-refractivity contribution in [1.29, 1.82) is 0 Å². The third-order valence-corrected chi connectivity index (χ3v) is 4.35. The van der Waals surface area contributed by atoms with Crippen LogP contribution in [0.3, 0.4) is 0 Å². The molecule has 0 bridgehead atoms. The topological polar surface area (TPSA) is 63.6 Å². The minimum absolute atomic E-state index is 0.760. The largest absolute Gasteiger partial charge is 0.372 e. The van der Waals surface area contributed by atoms with E-state index < -0.39 is 0 Å². The number of nitrogens with zero attached hydrogens (tertiary/aromatic N) is 4. The van der Waals surface area contributed by atoms with Crippen LogP contribution in [0.1, 0.15) is 50.6 Å². The van der Waals surface area contributed by atoms with Gasteiger partial charge in [0, 0.05) is 12.7 Å². The van der Waals surface area contributed by atoms with Crippen molar-refractivity contribution >= 4 is 27.4 Å². The maximum Gasteiger partial charge on any atom is 0.140 e. The Labute approximate surface area is 155 Å². The van der Waals surface area contributed by atoms with E-state index in [1.165, 1.54) is 0 Å². The summed E-state index contributed by atoms with van der Waals surface area (Å²) < 4.78 is 1.15. The summed E-state index contributed by atoms with van der Waals surface area (Å²) in [4.78, 5) is 18.2. The minimum atomic E-state index is 0.760. The molecule has 136 valence electrons. The molecule has 3 heterocycles. The first kappa shape index (κ1) is 21.0. The van der Waals surface area contributed by atoms with Crippen LogP contribution in [0, 0.1) is 27.7 Å². The standard InChI is InChI=1S/C15H17N5S.2C2H6/c1-7-6-11-13(9(3)17-7)20-15(21-11)12-8(2)18-10(4)19-14(12)16-5;2*1-2/h6H,1-5H3,(H,16,18,19);2*1-2H3. The van der Waals surface area contributed by atoms with Gasteiger partial charge in [-0.15, -0.1) is 11.3 Å². The third-order valence-electron chi connectivity index (χ3n) is 3.33. The molecule has 0 spiro atoms. The number of anilines is 1. The summed E-state index contributed by atoms with van der Waals surface area (Å²) in [5, 5.41) is 4.08. The first-order valence-corrected chi connectivity index (χ1v) is 9.59. The predicted octanol–water partition coefficient (Wildman–Crippen LogP) is 5.48. The van der Waals surface area contributed by atoms with Crippen molar-refractivity contribution in [3.8, 4) is 10.6 Å². The highest BCUT2D eigenvalue weighted by Crippen LogP contribution is 2.36. The lowest BCUT2D eigenvalue weighted by molar-refractivity contribution is 1.01. The minimum Gasteiger partial charge on any atom is -0.372 e. The van der Waals surface area contributed by atoms with Gasteiger partial charge in [-0.3, -0.25) is 4.98 Å². The molecule has 0 saturated carbocycles. The van der Waals surface area contributed by atoms with Gasteiger partial charge in [0.05, 0.1) is 21.7 Å². The first-order chi connectivity index (χ1) is 12.0. The highest BCUT2D eigenvalue weighted by atomic mass is 32.1. The summed E-state index contributed by atoms with van der Waals surface area (Å²) in [5.41, 5.74) is 4.85. The van der Waals surface area contributed by atoms with Gasteiger partial charge in [0.2, 0.25) is 0 Å². The third kappa shape index (κ3) is 4.51. The predicted molar refractivity (Wildman–Crippen MR) is 110 cm³/mol. The van der Waals surface area contributed by atoms with Crippen LogP contribution in [-0.4, -0.2) is 27.0 Å². The van der Waals surface area contributed by atoms with Crippen LogP contribution >= 0.6 is 11.3 Å². The Balaban J connectivity index is 0.000000730. The zero-order chi connectivity index (χ0) is 19.1. The summed E-state index contributed by atoms with van der Waals surface area (Å²) in [6.45, 7) is 15.9. The van der Waals surface area contributed by atoms with Crippen LogP contribution in [0.4, 0.5) is 5.82 Å². The van der Waals surface area contributed by atoms with Gasteiger partial charge < -0.3 is 5.32 Å². The molecule has 0 aromatic carbocycles. The second-order valence-electron chi connectivity index (χ2n) is 5.04. The van der Waals surface area contributed by atoms with Crippen molar-refractivity contribution in [2.24, 2.45) is 0 Å². The molecule has 3 aromatic heterocycles. The molecule has 1 N–H and O–H groups in total. The summed E-state index contributed by atoms with van der Waals surface area (Å²) in [7, 11) is 1.87. The van der Waals surface area contributed by atoms with Gasteiger partial charge in [-0.25, -0.2) is 15.0 Å². The highest BCUT2D eigenvalue weighted by molar-refractivity contribution is 7.21. The van der Waals surface area contributed by atoms with Crippen LogP contribution in [0.5, 0.6) is 0 Å². The van der Waals surface area contributed by atoms with E-state index in [0.717, 1.165) is 49.5 Å². The van der Waals surface area contributed by atoms with Gasteiger partial charge in [0.15, 0.2) is 0 Å². The Kier molecular flexibility index (Phi) is 7.90. The Morgan fingerprint density at radius 1 is 0.840 bits per heavy atom. The summed E-state index contributed by atoms with van der Waals surface area (Å²) in [6, 6.07) is 2.08. The van der Waals surface area contributed by atoms with Crippen LogP contribution in [0.2, 0.25) is 0 Å². The zero-order valence-electron chi connectivity index (χ0n) is 16.8. The summed E-state index contributed by atoms with van der Waals surface area (Å²) in [5.74, 6) is 1.58. The maximum absolute atomic E-state index is 4.76. The Morgan fingerprint density at radius 2 is 1.48 bits per heavy atom. The molecular formula is C19H29N5S. The summed E-state index contributed by atoms with van der Waals surface area (Å²) >= 11 is 1.66. The monoisotopic (exact) mass is 359 g/mol. The fourth-order valence-corrected chi connectivity index (χ4v) is 3.70. The van der Waals surface area contributed by atoms with Gasteiger partial charge in [-0.2, -0.15) is 0 Å². The van der Waals surface area contributed by atoms with E-state index in [4.69, 9.17) is 4.98 Å². The van der Waals surface area contributed by atoms with Gasteiger partial charge in [0.25, 0.3) is 0 Å². The number of nitrogens with one attached hydrogen (secondary N) is 1. The zero-order valence-corrected chi connectivity index (χ0v) is 17.6. The van der Waals surface area contributed by atoms with Crippen LogP contribution in [0.15, 0.2) is 6.07 Å². The van der Waals surface area contributed by atoms with Gasteiger partial charge >= 0.3 is 0 Å². The maximum atomic E-state index is 4.76. The molecule has 0 unspecified atom stereocenters. The fourth-order valence-electron chi connectivity index (χ4n) is 2.48. The lowest BCUT2D eigenvalue weighted by Gasteiger charge is -2.09. The smallest absolute Gasteiger partial charge is 0.140 e. The molecule has 0 aliphatic carbocycles. The fraction of sp³-hybridized carbons (Fsp3) is 0.474. The number of rotatable bonds is 2. The quantitative estimate of drug-likeness (QED) is 0.656. The van der Waals surface area contributed by atoms with Crippen LogP contribution in [0.25, 0.3) is 20.8 Å². The molecule has 25 heavy (non-hydrogen) atoms. The molecule has 0 aliphatic rings. The number of thiazole rings is 1. The van der Waals surface area contributed by atoms with Crippen molar-refractivity contribution in [3.63, 3.8) is 0 Å². The number of pyridine rings is 1. The second kappa shape index (κ2) is 9.42. The van der Waals surface area contributed by atoms with Gasteiger partial charge in [0.1, 0.15) is 22.2 Å². The van der Waals surface area contributed by atoms with Crippen molar-refractivity contribution in [1.82, 2.24) is 19.9 Å². The normalized spacial score (nSPS) is 9.80. The SMILES string of the molecule is CC.CC.CNc1nc(C)nc(C)c1-c1nc2c(C)nc(C)cc2s1. The molecule has 0 fully saturated rings. The van der Waals surface area contributed by atoms with Gasteiger partial charge in [-0.1, -0.05) is 27.7 Å². The van der Waals surface area contributed by atoms with E-state index in [-0.39, 0.29) is 0 Å². The Bertz CT molecular complexity index is 839. The van der Waals surface area contributed by atoms with Crippen molar-refractivity contribution in [2.75, 3.05) is 12.4 Å². The van der Waals surface area contributed by atoms with E-state index in [1.807, 2.05) is 62.4 Å². The molecule has 0 amide bonds.